The molecule has 0 aromatic rings. The van der Waals surface area contributed by atoms with Gasteiger partial charge in [-0.1, -0.05) is 45.4 Å². The van der Waals surface area contributed by atoms with E-state index in [-0.39, 0.29) is 6.03 Å². The average molecular weight is 284 g/mol. The lowest BCUT2D eigenvalue weighted by Gasteiger charge is -2.31. The number of carboxylic acid groups (broad SMARTS) is 1. The van der Waals surface area contributed by atoms with Gasteiger partial charge in [0.05, 0.1) is 0 Å². The van der Waals surface area contributed by atoms with E-state index in [0.717, 1.165) is 44.9 Å². The summed E-state index contributed by atoms with van der Waals surface area (Å²) in [5, 5.41) is 12.3. The number of nitrogens with one attached hydrogen (secondary N) is 1. The molecule has 5 heteroatoms. The maximum Gasteiger partial charge on any atom is 0.329 e. The van der Waals surface area contributed by atoms with Crippen LogP contribution in [0.3, 0.4) is 0 Å². The fraction of sp³-hybridized carbons (Fsp3) is 0.867. The normalized spacial score (nSPS) is 18.1. The van der Waals surface area contributed by atoms with Gasteiger partial charge in [-0.2, -0.15) is 0 Å². The third-order valence-electron chi connectivity index (χ3n) is 4.16. The van der Waals surface area contributed by atoms with Crippen LogP contribution in [-0.4, -0.2) is 41.1 Å². The van der Waals surface area contributed by atoms with Crippen LogP contribution in [-0.2, 0) is 4.79 Å². The predicted octanol–water partition coefficient (Wildman–Crippen LogP) is 3.00. The Morgan fingerprint density at radius 1 is 1.15 bits per heavy atom. The standard InChI is InChI=1S/C15H28N2O3/c1-3-4-9-12-17(2)14(20)16-15(13(18)19)10-7-5-6-8-11-15/h3-12H2,1-2H3,(H,16,20)(H,18,19). The number of hydrogen-bond acceptors (Lipinski definition) is 2. The number of unbranched alkanes of at least 4 members (excludes halogenated alkanes) is 2. The molecule has 0 atom stereocenters. The Hall–Kier alpha value is -1.26. The monoisotopic (exact) mass is 284 g/mol. The highest BCUT2D eigenvalue weighted by Gasteiger charge is 2.40. The number of rotatable bonds is 6. The lowest BCUT2D eigenvalue weighted by Crippen LogP contribution is -2.57. The lowest BCUT2D eigenvalue weighted by molar-refractivity contribution is -0.145. The van der Waals surface area contributed by atoms with E-state index < -0.39 is 11.5 Å². The molecule has 1 aliphatic rings. The molecule has 0 aromatic heterocycles. The highest BCUT2D eigenvalue weighted by molar-refractivity contribution is 5.86. The van der Waals surface area contributed by atoms with Crippen molar-refractivity contribution in [2.75, 3.05) is 13.6 Å². The van der Waals surface area contributed by atoms with Gasteiger partial charge < -0.3 is 15.3 Å². The summed E-state index contributed by atoms with van der Waals surface area (Å²) in [7, 11) is 1.73. The zero-order chi connectivity index (χ0) is 15.0. The Morgan fingerprint density at radius 2 is 1.75 bits per heavy atom. The molecule has 0 saturated heterocycles. The van der Waals surface area contributed by atoms with E-state index in [1.807, 2.05) is 0 Å². The van der Waals surface area contributed by atoms with E-state index in [1.165, 1.54) is 0 Å². The Balaban J connectivity index is 2.60. The van der Waals surface area contributed by atoms with Crippen LogP contribution in [0, 0.1) is 0 Å². The van der Waals surface area contributed by atoms with Crippen molar-refractivity contribution in [3.63, 3.8) is 0 Å². The first-order valence-electron chi connectivity index (χ1n) is 7.78. The van der Waals surface area contributed by atoms with E-state index in [9.17, 15) is 14.7 Å². The lowest BCUT2D eigenvalue weighted by atomic mass is 9.90. The molecular formula is C15H28N2O3. The predicted molar refractivity (Wildman–Crippen MR) is 78.8 cm³/mol. The topological polar surface area (TPSA) is 69.6 Å². The molecule has 2 N–H and O–H groups in total. The maximum atomic E-state index is 12.2. The van der Waals surface area contributed by atoms with E-state index in [1.54, 1.807) is 11.9 Å². The van der Waals surface area contributed by atoms with E-state index in [0.29, 0.717) is 19.4 Å². The summed E-state index contributed by atoms with van der Waals surface area (Å²) in [5.41, 5.74) is -1.06. The minimum Gasteiger partial charge on any atom is -0.480 e. The summed E-state index contributed by atoms with van der Waals surface area (Å²) < 4.78 is 0. The minimum absolute atomic E-state index is 0.259. The van der Waals surface area contributed by atoms with Gasteiger partial charge in [0.15, 0.2) is 0 Å². The first-order chi connectivity index (χ1) is 9.52. The van der Waals surface area contributed by atoms with Crippen LogP contribution >= 0.6 is 0 Å². The first kappa shape index (κ1) is 16.8. The molecule has 1 fully saturated rings. The third kappa shape index (κ3) is 4.69. The molecule has 0 unspecified atom stereocenters. The smallest absolute Gasteiger partial charge is 0.329 e. The summed E-state index contributed by atoms with van der Waals surface area (Å²) in [6.45, 7) is 2.79. The van der Waals surface area contributed by atoms with Crippen molar-refractivity contribution in [1.29, 1.82) is 0 Å². The van der Waals surface area contributed by atoms with Crippen molar-refractivity contribution in [2.45, 2.75) is 70.3 Å². The van der Waals surface area contributed by atoms with E-state index >= 15 is 0 Å². The molecule has 0 heterocycles. The second kappa shape index (κ2) is 8.12. The molecule has 1 saturated carbocycles. The van der Waals surface area contributed by atoms with Crippen LogP contribution < -0.4 is 5.32 Å². The number of nitrogens with zero attached hydrogens (tertiary/aromatic N) is 1. The van der Waals surface area contributed by atoms with Gasteiger partial charge in [-0.3, -0.25) is 0 Å². The van der Waals surface area contributed by atoms with Gasteiger partial charge in [0.2, 0.25) is 0 Å². The molecule has 5 nitrogen and oxygen atoms in total. The zero-order valence-electron chi connectivity index (χ0n) is 12.8. The summed E-state index contributed by atoms with van der Waals surface area (Å²) >= 11 is 0. The molecular weight excluding hydrogens is 256 g/mol. The third-order valence-corrected chi connectivity index (χ3v) is 4.16. The summed E-state index contributed by atoms with van der Waals surface area (Å²) in [6, 6.07) is -0.259. The van der Waals surface area contributed by atoms with E-state index in [4.69, 9.17) is 0 Å². The largest absolute Gasteiger partial charge is 0.480 e. The van der Waals surface area contributed by atoms with Crippen LogP contribution in [0.25, 0.3) is 0 Å². The second-order valence-electron chi connectivity index (χ2n) is 5.86. The van der Waals surface area contributed by atoms with Gasteiger partial charge in [0.1, 0.15) is 5.54 Å². The highest BCUT2D eigenvalue weighted by atomic mass is 16.4. The number of carboxylic acids is 1. The number of carbonyl (C=O) groups excluding carboxylic acids is 1. The van der Waals surface area contributed by atoms with Crippen molar-refractivity contribution < 1.29 is 14.7 Å². The number of carbonyl (C=O) groups is 2. The number of urea groups is 1. The van der Waals surface area contributed by atoms with Gasteiger partial charge in [0, 0.05) is 13.6 Å². The second-order valence-corrected chi connectivity index (χ2v) is 5.86. The highest BCUT2D eigenvalue weighted by Crippen LogP contribution is 2.27. The quantitative estimate of drug-likeness (QED) is 0.582. The number of hydrogen-bond donors (Lipinski definition) is 2. The SMILES string of the molecule is CCCCCN(C)C(=O)NC1(C(=O)O)CCCCCC1. The van der Waals surface area contributed by atoms with Crippen molar-refractivity contribution in [3.05, 3.63) is 0 Å². The Labute approximate surface area is 121 Å². The van der Waals surface area contributed by atoms with Crippen LogP contribution in [0.15, 0.2) is 0 Å². The molecule has 0 radical (unpaired) electrons. The van der Waals surface area contributed by atoms with Crippen molar-refractivity contribution in [3.8, 4) is 0 Å². The summed E-state index contributed by atoms with van der Waals surface area (Å²) in [5.74, 6) is -0.894. The van der Waals surface area contributed by atoms with Gasteiger partial charge in [-0.15, -0.1) is 0 Å². The molecule has 20 heavy (non-hydrogen) atoms. The summed E-state index contributed by atoms with van der Waals surface area (Å²) in [4.78, 5) is 25.4. The van der Waals surface area contributed by atoms with Crippen molar-refractivity contribution in [2.24, 2.45) is 0 Å². The van der Waals surface area contributed by atoms with Crippen molar-refractivity contribution in [1.82, 2.24) is 10.2 Å². The Bertz CT molecular complexity index is 323. The van der Waals surface area contributed by atoms with Crippen LogP contribution in [0.2, 0.25) is 0 Å². The molecule has 1 aliphatic carbocycles. The average Bonchev–Trinajstić information content (AvgIpc) is 2.65. The molecule has 0 bridgehead atoms. The Morgan fingerprint density at radius 3 is 2.25 bits per heavy atom. The number of aliphatic carboxylic acids is 1. The van der Waals surface area contributed by atoms with Crippen LogP contribution in [0.5, 0.6) is 0 Å². The molecule has 116 valence electrons. The van der Waals surface area contributed by atoms with Crippen molar-refractivity contribution >= 4 is 12.0 Å². The summed E-state index contributed by atoms with van der Waals surface area (Å²) in [6.07, 6.45) is 8.07. The maximum absolute atomic E-state index is 12.2. The van der Waals surface area contributed by atoms with Gasteiger partial charge >= 0.3 is 12.0 Å². The molecule has 2 amide bonds. The first-order valence-corrected chi connectivity index (χ1v) is 7.78. The molecule has 0 aromatic carbocycles. The molecule has 1 rings (SSSR count). The molecule has 0 aliphatic heterocycles. The van der Waals surface area contributed by atoms with Crippen LogP contribution in [0.4, 0.5) is 4.79 Å². The van der Waals surface area contributed by atoms with Crippen LogP contribution in [0.1, 0.15) is 64.7 Å². The molecule has 0 spiro atoms. The fourth-order valence-electron chi connectivity index (χ4n) is 2.73. The minimum atomic E-state index is -1.06. The number of amides is 2. The van der Waals surface area contributed by atoms with E-state index in [2.05, 4.69) is 12.2 Å². The Kier molecular flexibility index (Phi) is 6.82. The van der Waals surface area contributed by atoms with Gasteiger partial charge in [-0.05, 0) is 19.3 Å². The van der Waals surface area contributed by atoms with Gasteiger partial charge in [-0.25, -0.2) is 9.59 Å². The zero-order valence-corrected chi connectivity index (χ0v) is 12.8. The fourth-order valence-corrected chi connectivity index (χ4v) is 2.73. The van der Waals surface area contributed by atoms with Gasteiger partial charge in [0.25, 0.3) is 0 Å².